The monoisotopic (exact) mass is 1540 g/mol. The van der Waals surface area contributed by atoms with E-state index in [9.17, 15) is 71.6 Å². The second-order valence-electron chi connectivity index (χ2n) is 24.6. The minimum absolute atomic E-state index is 0. The van der Waals surface area contributed by atoms with Gasteiger partial charge in [-0.25, -0.2) is 32.4 Å². The summed E-state index contributed by atoms with van der Waals surface area (Å²) in [6.45, 7) is 3.94. The number of phosphoric ester groups is 2. The first-order valence-corrected chi connectivity index (χ1v) is 39.8. The van der Waals surface area contributed by atoms with Crippen LogP contribution in [0.5, 0.6) is 0 Å². The number of amides is 1. The van der Waals surface area contributed by atoms with Crippen LogP contribution in [0, 0.1) is 6.92 Å². The summed E-state index contributed by atoms with van der Waals surface area (Å²) in [6.07, 6.45) is 4.65. The van der Waals surface area contributed by atoms with Crippen LogP contribution in [0.4, 0.5) is 29.0 Å². The molecular formula is C61H67N9O27P6. The molecule has 2 aliphatic carbocycles. The number of nitrogens with two attached hydrogens (primary N) is 1. The molecule has 2 saturated heterocycles. The molecule has 14 rings (SSSR count). The fraction of sp³-hybridized carbons (Fsp3) is 0.295. The van der Waals surface area contributed by atoms with Crippen LogP contribution in [0.1, 0.15) is 90.0 Å². The Labute approximate surface area is 582 Å². The van der Waals surface area contributed by atoms with Crippen LogP contribution in [-0.2, 0) is 63.2 Å². The lowest BCUT2D eigenvalue weighted by Crippen LogP contribution is -2.41. The number of aliphatic hydroxyl groups is 2. The highest BCUT2D eigenvalue weighted by atomic mass is 31.3. The number of aliphatic hydroxyl groups excluding tert-OH is 2. The van der Waals surface area contributed by atoms with E-state index in [0.717, 1.165) is 54.2 Å². The van der Waals surface area contributed by atoms with Crippen molar-refractivity contribution in [3.63, 3.8) is 0 Å². The molecule has 14 N–H and O–H groups in total. The highest BCUT2D eigenvalue weighted by molar-refractivity contribution is 7.67. The Balaban J connectivity index is 0.000000192. The van der Waals surface area contributed by atoms with Gasteiger partial charge in [0.25, 0.3) is 17.0 Å². The van der Waals surface area contributed by atoms with E-state index < -0.39 is 114 Å². The van der Waals surface area contributed by atoms with E-state index in [-0.39, 0.29) is 74.0 Å². The van der Waals surface area contributed by atoms with Gasteiger partial charge in [0.15, 0.2) is 23.0 Å². The number of phosphoric acid groups is 6. The lowest BCUT2D eigenvalue weighted by molar-refractivity contribution is -0.0216. The van der Waals surface area contributed by atoms with Crippen LogP contribution in [-0.4, -0.2) is 139 Å². The summed E-state index contributed by atoms with van der Waals surface area (Å²) in [4.78, 5) is 134. The molecular weight excluding hydrogens is 1480 g/mol. The first-order valence-electron chi connectivity index (χ1n) is 30.7. The molecule has 42 heteroatoms. The van der Waals surface area contributed by atoms with Crippen LogP contribution in [0.2, 0.25) is 0 Å². The van der Waals surface area contributed by atoms with Crippen molar-refractivity contribution < 1.29 is 117 Å². The lowest BCUT2D eigenvalue weighted by atomic mass is 9.94. The number of carbonyl (C=O) groups excluding carboxylic acids is 1. The number of hydrogen-bond acceptors (Lipinski definition) is 25. The van der Waals surface area contributed by atoms with E-state index in [1.54, 1.807) is 35.1 Å². The number of benzene rings is 6. The highest BCUT2D eigenvalue weighted by Gasteiger charge is 2.49. The number of fused-ring (bicyclic) bond motifs is 10. The summed E-state index contributed by atoms with van der Waals surface area (Å²) in [5.41, 5.74) is 10.8. The maximum absolute atomic E-state index is 14.2. The number of nitrogens with one attached hydrogen (secondary N) is 2. The van der Waals surface area contributed by atoms with Gasteiger partial charge in [0.2, 0.25) is 5.95 Å². The fourth-order valence-electron chi connectivity index (χ4n) is 13.0. The lowest BCUT2D eigenvalue weighted by Gasteiger charge is -2.26. The van der Waals surface area contributed by atoms with Gasteiger partial charge in [-0.2, -0.15) is 22.2 Å². The van der Waals surface area contributed by atoms with Crippen molar-refractivity contribution in [1.29, 1.82) is 0 Å². The molecule has 0 saturated carbocycles. The van der Waals surface area contributed by atoms with E-state index in [1.807, 2.05) is 36.4 Å². The quantitative estimate of drug-likeness (QED) is 0.0267. The Morgan fingerprint density at radius 3 is 1.57 bits per heavy atom. The topological polar surface area (TPSA) is 526 Å². The van der Waals surface area contributed by atoms with E-state index in [0.29, 0.717) is 11.7 Å². The van der Waals surface area contributed by atoms with Crippen molar-refractivity contribution in [2.24, 2.45) is 0 Å². The van der Waals surface area contributed by atoms with Gasteiger partial charge < -0.3 is 84.3 Å². The van der Waals surface area contributed by atoms with Crippen LogP contribution >= 0.6 is 46.9 Å². The maximum Gasteiger partial charge on any atom is 0.490 e. The number of aromatic nitrogens is 4. The molecule has 6 heterocycles. The van der Waals surface area contributed by atoms with E-state index >= 15 is 0 Å². The number of nitrogens with zero attached hydrogens (tertiary/aromatic N) is 6. The Morgan fingerprint density at radius 2 is 1.05 bits per heavy atom. The number of nitrogen functional groups attached to an aromatic ring is 1. The molecule has 6 aromatic carbocycles. The molecule has 548 valence electrons. The molecule has 0 bridgehead atoms. The molecule has 0 spiro atoms. The summed E-state index contributed by atoms with van der Waals surface area (Å²) >= 11 is 0. The standard InChI is InChI=1S/C31H33N4O13P3.C29H30N5O14P3.CH4/c1-17-3-5-21-12-22-8-7-20-6-4-19(11-24(20)25(22)13-23(17)21)9-10-34-16-35(30-29(34)31(37)33-18(2)32-30)28-14-26(36)27(46-28)15-45-50(41,42)48-51(43,44)47-49(38,39)40;1-14-2-3-16-8-17-6-4-15-5-7-18(9-20(15)21(17)10-19(14)16)28(37)34-13-33(26-25(34)27(36)32-29(30)31-26)24-11-22(35)23(46-24)12-45-50(41,42)48-51(43,44)47-49(38,39)40;/h3-13,17,26-28,36H,14-16H2,1-2H3,(H,41,42)(H,43,44)(H,32,33,37)(H2,38,39,40);2-10,14,22-24,35H,11-13H2,1H3,(H,41,42)(H,43,44)(H2,38,39,40)(H3,30,31,32,36);1H4/b10-9+;;. The van der Waals surface area contributed by atoms with Crippen molar-refractivity contribution in [3.8, 4) is 0 Å². The fourth-order valence-corrected chi connectivity index (χ4v) is 19.0. The predicted molar refractivity (Wildman–Crippen MR) is 375 cm³/mol. The molecule has 8 aromatic rings. The molecule has 6 aliphatic rings. The van der Waals surface area contributed by atoms with Gasteiger partial charge in [0, 0.05) is 24.6 Å². The summed E-state index contributed by atoms with van der Waals surface area (Å²) in [7, 11) is -33.6. The van der Waals surface area contributed by atoms with Gasteiger partial charge in [-0.1, -0.05) is 88.0 Å². The molecule has 4 aliphatic heterocycles. The minimum atomic E-state index is -5.77. The number of rotatable bonds is 19. The van der Waals surface area contributed by atoms with Crippen molar-refractivity contribution in [2.75, 3.05) is 51.9 Å². The van der Waals surface area contributed by atoms with Gasteiger partial charge >= 0.3 is 46.9 Å². The van der Waals surface area contributed by atoms with Crippen LogP contribution in [0.25, 0.3) is 61.3 Å². The third-order valence-corrected chi connectivity index (χ3v) is 25.1. The van der Waals surface area contributed by atoms with Crippen LogP contribution in [0.15, 0.2) is 113 Å². The Bertz CT molecular complexity index is 5320. The summed E-state index contributed by atoms with van der Waals surface area (Å²) in [5.74, 6) is 0.310. The minimum Gasteiger partial charge on any atom is -0.390 e. The van der Waals surface area contributed by atoms with Gasteiger partial charge in [-0.05, 0) is 138 Å². The largest absolute Gasteiger partial charge is 0.490 e. The summed E-state index contributed by atoms with van der Waals surface area (Å²) in [5, 5.41) is 29.6. The smallest absolute Gasteiger partial charge is 0.390 e. The second kappa shape index (κ2) is 28.2. The van der Waals surface area contributed by atoms with Gasteiger partial charge in [0.1, 0.15) is 37.2 Å². The SMILES string of the molecule is C.CC1C=Cc2cc3ccc4ccc(C(=O)N5CN(C6CC(O)C(COP(=O)(O)OP(=O)(O)OP(=O)(O)O)O6)c6nc(N)[nH]c(=O)c65)cc4c3cc21.Cc1nc2c(c(=O)[nH]1)N(/C=C/c1ccc3ccc4cc5c(cc4c3c1)C(C)C=C5)CN2C1CC(O)C(COP(=O)(O)OP(=O)(O)OP(=O)(O)O)O1. The normalized spacial score (nSPS) is 23.7. The highest BCUT2D eigenvalue weighted by Crippen LogP contribution is 2.68. The van der Waals surface area contributed by atoms with E-state index in [4.69, 9.17) is 34.8 Å². The number of allylic oxidation sites excluding steroid dienone is 2. The molecule has 1 amide bonds. The van der Waals surface area contributed by atoms with E-state index in [2.05, 4.69) is 127 Å². The maximum atomic E-state index is 14.2. The molecule has 103 heavy (non-hydrogen) atoms. The zero-order valence-electron chi connectivity index (χ0n) is 53.3. The Hall–Kier alpha value is -7.33. The first kappa shape index (κ1) is 75.4. The second-order valence-corrected chi connectivity index (χ2v) is 33.4. The number of aromatic amines is 2. The summed E-state index contributed by atoms with van der Waals surface area (Å²) in [6, 6.07) is 28.2. The molecule has 0 radical (unpaired) electrons. The number of ether oxygens (including phenoxy) is 2. The summed E-state index contributed by atoms with van der Waals surface area (Å²) < 4.78 is 105. The number of aryl methyl sites for hydroxylation is 1. The molecule has 12 atom stereocenters. The number of anilines is 5. The number of carbonyl (C=O) groups is 1. The first-order chi connectivity index (χ1) is 47.8. The predicted octanol–water partition coefficient (Wildman–Crippen LogP) is 8.26. The third-order valence-electron chi connectivity index (χ3n) is 17.5. The van der Waals surface area contributed by atoms with Gasteiger partial charge in [-0.15, -0.1) is 0 Å². The molecule has 12 unspecified atom stereocenters. The molecule has 2 fully saturated rings. The van der Waals surface area contributed by atoms with Gasteiger partial charge in [-0.3, -0.25) is 33.3 Å². The molecule has 2 aromatic heterocycles. The average Bonchev–Trinajstić information content (AvgIpc) is 1.68. The van der Waals surface area contributed by atoms with Crippen molar-refractivity contribution in [1.82, 2.24) is 19.9 Å². The van der Waals surface area contributed by atoms with Crippen molar-refractivity contribution in [3.05, 3.63) is 163 Å². The zero-order valence-corrected chi connectivity index (χ0v) is 58.6. The zero-order chi connectivity index (χ0) is 73.1. The Morgan fingerprint density at radius 1 is 0.592 bits per heavy atom. The van der Waals surface area contributed by atoms with Crippen molar-refractivity contribution >= 4 is 143 Å². The molecule has 36 nitrogen and oxygen atoms in total. The van der Waals surface area contributed by atoms with Crippen LogP contribution in [0.3, 0.4) is 0 Å². The average molecular weight is 1540 g/mol. The number of H-pyrrole nitrogens is 2. The van der Waals surface area contributed by atoms with E-state index in [1.165, 1.54) is 26.5 Å². The third kappa shape index (κ3) is 16.3. The van der Waals surface area contributed by atoms with Gasteiger partial charge in [0.05, 0.1) is 32.1 Å². The van der Waals surface area contributed by atoms with Crippen molar-refractivity contribution in [2.45, 2.75) is 89.7 Å². The Kier molecular flexibility index (Phi) is 20.6. The number of hydrogen-bond donors (Lipinski definition) is 13. The van der Waals surface area contributed by atoms with Crippen LogP contribution < -0.4 is 36.5 Å².